The second-order valence-electron chi connectivity index (χ2n) is 11.9. The van der Waals surface area contributed by atoms with Crippen molar-refractivity contribution in [3.8, 4) is 22.6 Å². The average Bonchev–Trinajstić information content (AvgIpc) is 3.37. The first-order valence-electron chi connectivity index (χ1n) is 14.1. The monoisotopic (exact) mass is 597 g/mol. The molecule has 3 aromatic rings. The molecule has 1 amide bonds. The Morgan fingerprint density at radius 1 is 1.05 bits per heavy atom. The summed E-state index contributed by atoms with van der Waals surface area (Å²) in [5, 5.41) is 10.4. The van der Waals surface area contributed by atoms with Crippen LogP contribution in [-0.4, -0.2) is 42.8 Å². The quantitative estimate of drug-likeness (QED) is 0.334. The number of carboxylic acids is 1. The highest BCUT2D eigenvalue weighted by molar-refractivity contribution is 6.10. The summed E-state index contributed by atoms with van der Waals surface area (Å²) in [5.41, 5.74) is 3.38. The van der Waals surface area contributed by atoms with E-state index in [1.54, 1.807) is 33.8 Å². The smallest absolute Gasteiger partial charge is 0.337 e. The SMILES string of the molecule is COc1c(C(=O)N2CCc3c2cc(C)c(C(OC(C)(C)C)C(=O)O)c3-c2cc(F)c3c(c2C)CCCO3)ccc(F)c1F. The van der Waals surface area contributed by atoms with Gasteiger partial charge in [-0.05, 0) is 106 Å². The van der Waals surface area contributed by atoms with Gasteiger partial charge < -0.3 is 24.2 Å². The van der Waals surface area contributed by atoms with Crippen LogP contribution in [0.15, 0.2) is 24.3 Å². The van der Waals surface area contributed by atoms with E-state index < -0.39 is 46.8 Å². The number of aliphatic carboxylic acids is 1. The number of anilines is 1. The van der Waals surface area contributed by atoms with Crippen LogP contribution in [0.2, 0.25) is 0 Å². The van der Waals surface area contributed by atoms with Crippen molar-refractivity contribution in [3.63, 3.8) is 0 Å². The molecule has 3 aromatic carbocycles. The first-order valence-corrected chi connectivity index (χ1v) is 14.1. The molecule has 228 valence electrons. The van der Waals surface area contributed by atoms with Crippen molar-refractivity contribution in [1.29, 1.82) is 0 Å². The summed E-state index contributed by atoms with van der Waals surface area (Å²) >= 11 is 0. The minimum atomic E-state index is -1.40. The summed E-state index contributed by atoms with van der Waals surface area (Å²) in [6, 6.07) is 5.09. The number of methoxy groups -OCH3 is 1. The number of nitrogens with zero attached hydrogens (tertiary/aromatic N) is 1. The fourth-order valence-corrected chi connectivity index (χ4v) is 6.10. The molecule has 5 rings (SSSR count). The Kier molecular flexibility index (Phi) is 7.94. The lowest BCUT2D eigenvalue weighted by Crippen LogP contribution is -2.30. The Morgan fingerprint density at radius 2 is 1.77 bits per heavy atom. The summed E-state index contributed by atoms with van der Waals surface area (Å²) in [6.45, 7) is 9.39. The number of halogens is 3. The minimum absolute atomic E-state index is 0.162. The van der Waals surface area contributed by atoms with E-state index in [0.29, 0.717) is 64.9 Å². The van der Waals surface area contributed by atoms with Gasteiger partial charge in [0.2, 0.25) is 5.82 Å². The Bertz CT molecular complexity index is 1650. The number of benzene rings is 3. The number of rotatable bonds is 6. The molecular weight excluding hydrogens is 563 g/mol. The fraction of sp³-hybridized carbons (Fsp3) is 0.394. The first kappa shape index (κ1) is 30.4. The van der Waals surface area contributed by atoms with Crippen LogP contribution in [0.25, 0.3) is 11.1 Å². The molecule has 2 aliphatic rings. The summed E-state index contributed by atoms with van der Waals surface area (Å²) in [6.07, 6.45) is 0.202. The largest absolute Gasteiger partial charge is 0.493 e. The van der Waals surface area contributed by atoms with Gasteiger partial charge in [-0.3, -0.25) is 4.79 Å². The Morgan fingerprint density at radius 3 is 2.42 bits per heavy atom. The van der Waals surface area contributed by atoms with E-state index in [0.717, 1.165) is 18.7 Å². The highest BCUT2D eigenvalue weighted by atomic mass is 19.2. The standard InChI is InChI=1S/C33H34F3NO6/c1-16-14-24-19(11-12-37(24)31(38)20-9-10-22(34)27(36)29(20)41-6)26(25(16)30(32(39)40)43-33(3,4)5)21-15-23(35)28-18(17(21)2)8-7-13-42-28/h9-10,14-15,30H,7-8,11-13H2,1-6H3,(H,39,40). The van der Waals surface area contributed by atoms with Gasteiger partial charge >= 0.3 is 5.97 Å². The maximum Gasteiger partial charge on any atom is 0.337 e. The van der Waals surface area contributed by atoms with Crippen LogP contribution in [0, 0.1) is 31.3 Å². The van der Waals surface area contributed by atoms with Crippen molar-refractivity contribution >= 4 is 17.6 Å². The fourth-order valence-electron chi connectivity index (χ4n) is 6.10. The molecule has 0 saturated heterocycles. The number of amides is 1. The normalized spacial score (nSPS) is 15.0. The zero-order chi connectivity index (χ0) is 31.4. The first-order chi connectivity index (χ1) is 20.2. The molecule has 0 fully saturated rings. The summed E-state index contributed by atoms with van der Waals surface area (Å²) in [5.74, 6) is -5.12. The van der Waals surface area contributed by atoms with Gasteiger partial charge in [0, 0.05) is 23.4 Å². The lowest BCUT2D eigenvalue weighted by Gasteiger charge is -2.30. The lowest BCUT2D eigenvalue weighted by molar-refractivity contribution is -0.160. The molecule has 1 atom stereocenters. The molecule has 0 aliphatic carbocycles. The Hall–Kier alpha value is -4.05. The van der Waals surface area contributed by atoms with Crippen molar-refractivity contribution in [2.75, 3.05) is 25.2 Å². The number of carbonyl (C=O) groups is 2. The molecule has 2 heterocycles. The Labute approximate surface area is 248 Å². The second kappa shape index (κ2) is 11.2. The van der Waals surface area contributed by atoms with Gasteiger partial charge in [-0.25, -0.2) is 13.6 Å². The summed E-state index contributed by atoms with van der Waals surface area (Å²) in [4.78, 5) is 28.0. The minimum Gasteiger partial charge on any atom is -0.493 e. The van der Waals surface area contributed by atoms with E-state index in [1.165, 1.54) is 17.0 Å². The van der Waals surface area contributed by atoms with Crippen molar-refractivity contribution in [1.82, 2.24) is 0 Å². The molecule has 0 radical (unpaired) electrons. The maximum absolute atomic E-state index is 15.6. The molecule has 10 heteroatoms. The van der Waals surface area contributed by atoms with Crippen LogP contribution in [0.1, 0.15) is 71.5 Å². The van der Waals surface area contributed by atoms with Crippen molar-refractivity contribution in [3.05, 3.63) is 75.1 Å². The van der Waals surface area contributed by atoms with Crippen molar-refractivity contribution < 1.29 is 42.1 Å². The van der Waals surface area contributed by atoms with Gasteiger partial charge in [-0.2, -0.15) is 4.39 Å². The van der Waals surface area contributed by atoms with E-state index in [4.69, 9.17) is 14.2 Å². The van der Waals surface area contributed by atoms with E-state index >= 15 is 4.39 Å². The number of carboxylic acid groups (broad SMARTS) is 1. The van der Waals surface area contributed by atoms with Crippen LogP contribution in [0.5, 0.6) is 11.5 Å². The van der Waals surface area contributed by atoms with Crippen LogP contribution in [0.3, 0.4) is 0 Å². The predicted octanol–water partition coefficient (Wildman–Crippen LogP) is 6.87. The predicted molar refractivity (Wildman–Crippen MR) is 155 cm³/mol. The van der Waals surface area contributed by atoms with Gasteiger partial charge in [0.1, 0.15) is 0 Å². The van der Waals surface area contributed by atoms with Crippen LogP contribution < -0.4 is 14.4 Å². The number of hydrogen-bond donors (Lipinski definition) is 1. The summed E-state index contributed by atoms with van der Waals surface area (Å²) in [7, 11) is 1.15. The van der Waals surface area contributed by atoms with Crippen LogP contribution in [-0.2, 0) is 22.4 Å². The van der Waals surface area contributed by atoms with Crippen LogP contribution >= 0.6 is 0 Å². The highest BCUT2D eigenvalue weighted by Crippen LogP contribution is 2.48. The number of aryl methyl sites for hydroxylation is 1. The summed E-state index contributed by atoms with van der Waals surface area (Å²) < 4.78 is 60.8. The number of carbonyl (C=O) groups excluding carboxylic acids is 1. The second-order valence-corrected chi connectivity index (χ2v) is 11.9. The van der Waals surface area contributed by atoms with E-state index in [-0.39, 0.29) is 17.9 Å². The molecule has 7 nitrogen and oxygen atoms in total. The van der Waals surface area contributed by atoms with E-state index in [2.05, 4.69) is 0 Å². The molecule has 2 aliphatic heterocycles. The molecule has 0 saturated carbocycles. The van der Waals surface area contributed by atoms with E-state index in [1.807, 2.05) is 6.92 Å². The number of fused-ring (bicyclic) bond motifs is 2. The topological polar surface area (TPSA) is 85.3 Å². The molecule has 0 spiro atoms. The van der Waals surface area contributed by atoms with Gasteiger partial charge in [0.15, 0.2) is 29.2 Å². The zero-order valence-electron chi connectivity index (χ0n) is 25.0. The molecule has 0 aromatic heterocycles. The zero-order valence-corrected chi connectivity index (χ0v) is 25.0. The third kappa shape index (κ3) is 5.33. The molecule has 0 bridgehead atoms. The third-order valence-electron chi connectivity index (χ3n) is 7.93. The molecule has 1 N–H and O–H groups in total. The van der Waals surface area contributed by atoms with Crippen molar-refractivity contribution in [2.24, 2.45) is 0 Å². The van der Waals surface area contributed by atoms with Gasteiger partial charge in [0.05, 0.1) is 24.9 Å². The van der Waals surface area contributed by atoms with E-state index in [9.17, 15) is 23.5 Å². The number of hydrogen-bond acceptors (Lipinski definition) is 5. The highest BCUT2D eigenvalue weighted by Gasteiger charge is 2.38. The van der Waals surface area contributed by atoms with Crippen LogP contribution in [0.4, 0.5) is 18.9 Å². The molecular formula is C33H34F3NO6. The number of ether oxygens (including phenoxy) is 3. The third-order valence-corrected chi connectivity index (χ3v) is 7.93. The van der Waals surface area contributed by atoms with Gasteiger partial charge in [0.25, 0.3) is 5.91 Å². The lowest BCUT2D eigenvalue weighted by atomic mass is 9.83. The average molecular weight is 598 g/mol. The maximum atomic E-state index is 15.6. The Balaban J connectivity index is 1.78. The molecule has 1 unspecified atom stereocenters. The van der Waals surface area contributed by atoms with Crippen molar-refractivity contribution in [2.45, 2.75) is 65.6 Å². The van der Waals surface area contributed by atoms with Gasteiger partial charge in [-0.15, -0.1) is 0 Å². The van der Waals surface area contributed by atoms with Gasteiger partial charge in [-0.1, -0.05) is 0 Å². The molecule has 43 heavy (non-hydrogen) atoms.